The van der Waals surface area contributed by atoms with Crippen molar-refractivity contribution in [1.29, 1.82) is 0 Å². The summed E-state index contributed by atoms with van der Waals surface area (Å²) < 4.78 is 2.12. The minimum atomic E-state index is -0.904. The number of fused-ring (bicyclic) bond motifs is 1. The first-order chi connectivity index (χ1) is 7.80. The summed E-state index contributed by atoms with van der Waals surface area (Å²) in [6.07, 6.45) is 1.88. The Kier molecular flexibility index (Phi) is 2.76. The second-order valence-electron chi connectivity index (χ2n) is 6.04. The van der Waals surface area contributed by atoms with Crippen LogP contribution in [0.25, 0.3) is 0 Å². The van der Waals surface area contributed by atoms with Crippen molar-refractivity contribution in [3.63, 3.8) is 0 Å². The number of hydrogen-bond donors (Lipinski definition) is 1. The molecule has 0 amide bonds. The van der Waals surface area contributed by atoms with E-state index in [0.29, 0.717) is 5.92 Å². The Balaban J connectivity index is 2.58. The molecule has 1 atom stereocenters. The summed E-state index contributed by atoms with van der Waals surface area (Å²) in [7, 11) is 0. The summed E-state index contributed by atoms with van der Waals surface area (Å²) in [4.78, 5) is 15.6. The molecule has 0 fully saturated rings. The minimum Gasteiger partial charge on any atom is -0.476 e. The van der Waals surface area contributed by atoms with E-state index in [2.05, 4.69) is 37.2 Å². The quantitative estimate of drug-likeness (QED) is 0.815. The molecule has 0 saturated heterocycles. The fourth-order valence-electron chi connectivity index (χ4n) is 2.47. The molecule has 2 rings (SSSR count). The van der Waals surface area contributed by atoms with Crippen LogP contribution in [-0.4, -0.2) is 20.6 Å². The van der Waals surface area contributed by atoms with E-state index < -0.39 is 5.97 Å². The van der Waals surface area contributed by atoms with Gasteiger partial charge in [-0.25, -0.2) is 9.78 Å². The average Bonchev–Trinajstić information content (AvgIpc) is 2.55. The zero-order valence-corrected chi connectivity index (χ0v) is 10.9. The third-order valence-corrected chi connectivity index (χ3v) is 3.31. The van der Waals surface area contributed by atoms with Gasteiger partial charge >= 0.3 is 5.97 Å². The van der Waals surface area contributed by atoms with Crippen molar-refractivity contribution in [3.05, 3.63) is 17.2 Å². The number of imidazole rings is 1. The molecule has 1 aromatic rings. The van der Waals surface area contributed by atoms with Gasteiger partial charge in [0.05, 0.1) is 5.69 Å². The molecule has 17 heavy (non-hydrogen) atoms. The van der Waals surface area contributed by atoms with Gasteiger partial charge in [0.1, 0.15) is 5.82 Å². The number of carbonyl (C=O) groups is 1. The number of carboxylic acids is 1. The van der Waals surface area contributed by atoms with Crippen molar-refractivity contribution in [3.8, 4) is 0 Å². The van der Waals surface area contributed by atoms with Gasteiger partial charge in [0.25, 0.3) is 0 Å². The van der Waals surface area contributed by atoms with Crippen LogP contribution < -0.4 is 0 Å². The Morgan fingerprint density at radius 2 is 2.12 bits per heavy atom. The van der Waals surface area contributed by atoms with Crippen molar-refractivity contribution >= 4 is 5.97 Å². The zero-order valence-electron chi connectivity index (χ0n) is 10.9. The molecule has 0 aromatic carbocycles. The van der Waals surface area contributed by atoms with E-state index in [1.807, 2.05) is 0 Å². The van der Waals surface area contributed by atoms with Crippen molar-refractivity contribution in [1.82, 2.24) is 9.55 Å². The van der Waals surface area contributed by atoms with Crippen molar-refractivity contribution in [2.24, 2.45) is 5.92 Å². The molecule has 2 heterocycles. The molecule has 0 bridgehead atoms. The molecule has 1 unspecified atom stereocenters. The van der Waals surface area contributed by atoms with E-state index in [-0.39, 0.29) is 11.1 Å². The summed E-state index contributed by atoms with van der Waals surface area (Å²) in [5, 5.41) is 9.21. The van der Waals surface area contributed by atoms with Gasteiger partial charge in [0.2, 0.25) is 0 Å². The molecule has 0 saturated carbocycles. The van der Waals surface area contributed by atoms with Gasteiger partial charge in [-0.1, -0.05) is 27.7 Å². The predicted octanol–water partition coefficient (Wildman–Crippen LogP) is 2.46. The van der Waals surface area contributed by atoms with Gasteiger partial charge < -0.3 is 9.67 Å². The smallest absolute Gasteiger partial charge is 0.356 e. The lowest BCUT2D eigenvalue weighted by Crippen LogP contribution is -2.25. The first-order valence-corrected chi connectivity index (χ1v) is 6.14. The van der Waals surface area contributed by atoms with E-state index in [9.17, 15) is 9.90 Å². The number of rotatable bonds is 1. The van der Waals surface area contributed by atoms with Crippen LogP contribution in [0.15, 0.2) is 0 Å². The molecular formula is C13H20N2O2. The molecule has 0 spiro atoms. The Morgan fingerprint density at radius 3 is 2.65 bits per heavy atom. The summed E-state index contributed by atoms with van der Waals surface area (Å²) in [5.74, 6) is 0.592. The van der Waals surface area contributed by atoms with Crippen LogP contribution in [-0.2, 0) is 18.4 Å². The van der Waals surface area contributed by atoms with Crippen LogP contribution in [0.1, 0.15) is 56.1 Å². The van der Waals surface area contributed by atoms with Crippen LogP contribution in [0.4, 0.5) is 0 Å². The lowest BCUT2D eigenvalue weighted by atomic mass is 9.94. The maximum Gasteiger partial charge on any atom is 0.356 e. The van der Waals surface area contributed by atoms with Gasteiger partial charge in [-0.2, -0.15) is 0 Å². The molecule has 1 aliphatic rings. The summed E-state index contributed by atoms with van der Waals surface area (Å²) >= 11 is 0. The van der Waals surface area contributed by atoms with E-state index in [0.717, 1.165) is 30.9 Å². The van der Waals surface area contributed by atoms with Crippen LogP contribution in [0, 0.1) is 5.92 Å². The molecule has 1 N–H and O–H groups in total. The van der Waals surface area contributed by atoms with Crippen LogP contribution in [0.5, 0.6) is 0 Å². The normalized spacial score (nSPS) is 20.1. The number of nitrogens with zero attached hydrogens (tertiary/aromatic N) is 2. The third-order valence-electron chi connectivity index (χ3n) is 3.31. The van der Waals surface area contributed by atoms with Crippen molar-refractivity contribution in [2.75, 3.05) is 0 Å². The Bertz CT molecular complexity index is 455. The number of aromatic nitrogens is 2. The molecule has 0 radical (unpaired) electrons. The minimum absolute atomic E-state index is 0.112. The summed E-state index contributed by atoms with van der Waals surface area (Å²) in [5.41, 5.74) is 1.04. The first kappa shape index (κ1) is 12.1. The fraction of sp³-hybridized carbons (Fsp3) is 0.692. The van der Waals surface area contributed by atoms with Gasteiger partial charge in [0, 0.05) is 12.0 Å². The second-order valence-corrected chi connectivity index (χ2v) is 6.04. The van der Waals surface area contributed by atoms with Crippen molar-refractivity contribution in [2.45, 2.75) is 52.5 Å². The molecule has 4 heteroatoms. The molecule has 1 aliphatic heterocycles. The molecule has 0 aliphatic carbocycles. The maximum absolute atomic E-state index is 11.2. The van der Waals surface area contributed by atoms with E-state index in [1.165, 1.54) is 0 Å². The van der Waals surface area contributed by atoms with Gasteiger partial charge in [-0.3, -0.25) is 0 Å². The van der Waals surface area contributed by atoms with Gasteiger partial charge in [0.15, 0.2) is 5.69 Å². The maximum atomic E-state index is 11.2. The molecule has 4 nitrogen and oxygen atoms in total. The standard InChI is InChI=1S/C13H20N2O2/c1-8-5-6-9-10(11(16)17)14-12(13(2,3)4)15(9)7-8/h8H,5-7H2,1-4H3,(H,16,17). The number of hydrogen-bond acceptors (Lipinski definition) is 2. The van der Waals surface area contributed by atoms with Crippen LogP contribution in [0.3, 0.4) is 0 Å². The highest BCUT2D eigenvalue weighted by molar-refractivity contribution is 5.87. The van der Waals surface area contributed by atoms with Crippen LogP contribution >= 0.6 is 0 Å². The Labute approximate surface area is 102 Å². The van der Waals surface area contributed by atoms with Crippen LogP contribution in [0.2, 0.25) is 0 Å². The lowest BCUT2D eigenvalue weighted by molar-refractivity contribution is 0.0689. The topological polar surface area (TPSA) is 55.1 Å². The summed E-state index contributed by atoms with van der Waals surface area (Å²) in [6, 6.07) is 0. The van der Waals surface area contributed by atoms with E-state index in [1.54, 1.807) is 0 Å². The van der Waals surface area contributed by atoms with Gasteiger partial charge in [-0.05, 0) is 18.8 Å². The lowest BCUT2D eigenvalue weighted by Gasteiger charge is -2.26. The molecule has 94 valence electrons. The fourth-order valence-corrected chi connectivity index (χ4v) is 2.47. The number of carboxylic acid groups (broad SMARTS) is 1. The number of aromatic carboxylic acids is 1. The van der Waals surface area contributed by atoms with E-state index in [4.69, 9.17) is 0 Å². The van der Waals surface area contributed by atoms with E-state index >= 15 is 0 Å². The second kappa shape index (κ2) is 3.86. The largest absolute Gasteiger partial charge is 0.476 e. The molecule has 1 aromatic heterocycles. The SMILES string of the molecule is CC1CCc2c(C(=O)O)nc(C(C)(C)C)n2C1. The zero-order chi connectivity index (χ0) is 12.8. The first-order valence-electron chi connectivity index (χ1n) is 6.14. The van der Waals surface area contributed by atoms with Crippen molar-refractivity contribution < 1.29 is 9.90 Å². The molecular weight excluding hydrogens is 216 g/mol. The Hall–Kier alpha value is -1.32. The van der Waals surface area contributed by atoms with Gasteiger partial charge in [-0.15, -0.1) is 0 Å². The third kappa shape index (κ3) is 2.08. The summed E-state index contributed by atoms with van der Waals surface area (Å²) in [6.45, 7) is 9.33. The highest BCUT2D eigenvalue weighted by atomic mass is 16.4. The predicted molar refractivity (Wildman–Crippen MR) is 65.4 cm³/mol. The Morgan fingerprint density at radius 1 is 1.47 bits per heavy atom. The monoisotopic (exact) mass is 236 g/mol. The average molecular weight is 236 g/mol. The highest BCUT2D eigenvalue weighted by Gasteiger charge is 2.31. The highest BCUT2D eigenvalue weighted by Crippen LogP contribution is 2.30.